The lowest BCUT2D eigenvalue weighted by Gasteiger charge is -2.11. The fourth-order valence-corrected chi connectivity index (χ4v) is 2.15. The third-order valence-electron chi connectivity index (χ3n) is 2.84. The van der Waals surface area contributed by atoms with Crippen LogP contribution in [0.1, 0.15) is 15.9 Å². The molecule has 0 fully saturated rings. The van der Waals surface area contributed by atoms with E-state index in [4.69, 9.17) is 29.0 Å². The molecule has 1 amide bonds. The molecule has 0 spiro atoms. The van der Waals surface area contributed by atoms with E-state index in [-0.39, 0.29) is 5.91 Å². The number of halogens is 2. The second kappa shape index (κ2) is 6.13. The summed E-state index contributed by atoms with van der Waals surface area (Å²) in [6, 6.07) is 10.3. The van der Waals surface area contributed by atoms with Crippen LogP contribution in [0.4, 0.5) is 11.4 Å². The Hall–Kier alpha value is -1.75. The molecule has 0 aliphatic rings. The van der Waals surface area contributed by atoms with Crippen molar-refractivity contribution in [3.05, 3.63) is 57.6 Å². The zero-order valence-corrected chi connectivity index (χ0v) is 12.2. The summed E-state index contributed by atoms with van der Waals surface area (Å²) in [5.41, 5.74) is 5.09. The molecule has 0 unspecified atom stereocenters. The number of carbonyl (C=O) groups is 1. The molecular weight excluding hydrogens is 297 g/mol. The fraction of sp³-hybridized carbons (Fsp3) is 0.0714. The quantitative estimate of drug-likeness (QED) is 0.596. The van der Waals surface area contributed by atoms with Crippen LogP contribution in [-0.4, -0.2) is 5.91 Å². The molecule has 4 nitrogen and oxygen atoms in total. The Morgan fingerprint density at radius 2 is 1.95 bits per heavy atom. The number of nitrogens with one attached hydrogen (secondary N) is 2. The third-order valence-corrected chi connectivity index (χ3v) is 3.66. The molecule has 2 rings (SSSR count). The highest BCUT2D eigenvalue weighted by Crippen LogP contribution is 2.30. The highest BCUT2D eigenvalue weighted by molar-refractivity contribution is 6.44. The van der Waals surface area contributed by atoms with Crippen LogP contribution in [0.2, 0.25) is 10.0 Å². The van der Waals surface area contributed by atoms with Gasteiger partial charge in [-0.25, -0.2) is 0 Å². The summed E-state index contributed by atoms with van der Waals surface area (Å²) in [5.74, 6) is 5.07. The number of nitrogens with two attached hydrogens (primary N) is 1. The Morgan fingerprint density at radius 3 is 2.60 bits per heavy atom. The summed E-state index contributed by atoms with van der Waals surface area (Å²) in [6.07, 6.45) is 0. The molecule has 0 saturated carbocycles. The van der Waals surface area contributed by atoms with Crippen molar-refractivity contribution in [2.24, 2.45) is 5.84 Å². The number of carbonyl (C=O) groups excluding carboxylic acids is 1. The summed E-state index contributed by atoms with van der Waals surface area (Å²) >= 11 is 11.9. The molecule has 20 heavy (non-hydrogen) atoms. The summed E-state index contributed by atoms with van der Waals surface area (Å²) in [6.45, 7) is 1.83. The Kier molecular flexibility index (Phi) is 4.49. The van der Waals surface area contributed by atoms with Gasteiger partial charge in [0.25, 0.3) is 5.91 Å². The van der Waals surface area contributed by atoms with Gasteiger partial charge in [0.05, 0.1) is 15.7 Å². The normalized spacial score (nSPS) is 10.2. The van der Waals surface area contributed by atoms with Crippen molar-refractivity contribution in [3.8, 4) is 0 Å². The molecule has 4 N–H and O–H groups in total. The number of aryl methyl sites for hydroxylation is 1. The number of benzene rings is 2. The minimum Gasteiger partial charge on any atom is -0.324 e. The van der Waals surface area contributed by atoms with Gasteiger partial charge in [-0.1, -0.05) is 29.3 Å². The Bertz CT molecular complexity index is 659. The second-order valence-corrected chi connectivity index (χ2v) is 5.01. The van der Waals surface area contributed by atoms with E-state index in [2.05, 4.69) is 10.7 Å². The monoisotopic (exact) mass is 309 g/mol. The van der Waals surface area contributed by atoms with Gasteiger partial charge < -0.3 is 10.7 Å². The third kappa shape index (κ3) is 3.04. The van der Waals surface area contributed by atoms with Crippen LogP contribution < -0.4 is 16.6 Å². The highest BCUT2D eigenvalue weighted by atomic mass is 35.5. The maximum atomic E-state index is 12.2. The van der Waals surface area contributed by atoms with Gasteiger partial charge >= 0.3 is 0 Å². The minimum absolute atomic E-state index is 0.254. The molecule has 6 heteroatoms. The second-order valence-electron chi connectivity index (χ2n) is 4.23. The van der Waals surface area contributed by atoms with E-state index in [0.29, 0.717) is 21.3 Å². The van der Waals surface area contributed by atoms with Crippen molar-refractivity contribution in [1.82, 2.24) is 0 Å². The van der Waals surface area contributed by atoms with E-state index in [1.165, 1.54) is 0 Å². The van der Waals surface area contributed by atoms with Gasteiger partial charge in [-0.05, 0) is 42.8 Å². The molecule has 0 aliphatic heterocycles. The van der Waals surface area contributed by atoms with Gasteiger partial charge in [0.1, 0.15) is 0 Å². The number of hydrogen-bond donors (Lipinski definition) is 3. The topological polar surface area (TPSA) is 67.1 Å². The van der Waals surface area contributed by atoms with Crippen molar-refractivity contribution in [2.45, 2.75) is 6.92 Å². The Labute approximate surface area is 126 Å². The molecule has 2 aromatic carbocycles. The van der Waals surface area contributed by atoms with Crippen LogP contribution in [0.25, 0.3) is 0 Å². The fourth-order valence-electron chi connectivity index (χ4n) is 1.80. The lowest BCUT2D eigenvalue weighted by atomic mass is 10.1. The largest absolute Gasteiger partial charge is 0.324 e. The van der Waals surface area contributed by atoms with Crippen LogP contribution >= 0.6 is 23.2 Å². The predicted molar refractivity (Wildman–Crippen MR) is 83.4 cm³/mol. The molecular formula is C14H13Cl2N3O. The number of rotatable bonds is 3. The van der Waals surface area contributed by atoms with E-state index in [9.17, 15) is 4.79 Å². The van der Waals surface area contributed by atoms with Crippen molar-refractivity contribution in [2.75, 3.05) is 10.7 Å². The molecule has 0 heterocycles. The molecule has 2 aromatic rings. The maximum absolute atomic E-state index is 12.2. The standard InChI is InChI=1S/C14H13Cl2N3O/c1-8-7-9(19-17)5-6-10(8)14(20)18-12-4-2-3-11(15)13(12)16/h2-7,19H,17H2,1H3,(H,18,20). The van der Waals surface area contributed by atoms with Crippen LogP contribution in [0, 0.1) is 6.92 Å². The number of hydrazine groups is 1. The summed E-state index contributed by atoms with van der Waals surface area (Å²) in [7, 11) is 0. The van der Waals surface area contributed by atoms with Crippen molar-refractivity contribution in [1.29, 1.82) is 0 Å². The van der Waals surface area contributed by atoms with Crippen LogP contribution in [0.15, 0.2) is 36.4 Å². The average Bonchev–Trinajstić information content (AvgIpc) is 2.43. The molecule has 0 radical (unpaired) electrons. The predicted octanol–water partition coefficient (Wildman–Crippen LogP) is 3.84. The summed E-state index contributed by atoms with van der Waals surface area (Å²) in [4.78, 5) is 12.2. The van der Waals surface area contributed by atoms with E-state index >= 15 is 0 Å². The highest BCUT2D eigenvalue weighted by Gasteiger charge is 2.12. The summed E-state index contributed by atoms with van der Waals surface area (Å²) in [5, 5.41) is 3.45. The van der Waals surface area contributed by atoms with E-state index in [1.54, 1.807) is 36.4 Å². The SMILES string of the molecule is Cc1cc(NN)ccc1C(=O)Nc1cccc(Cl)c1Cl. The number of nitrogen functional groups attached to an aromatic ring is 1. The van der Waals surface area contributed by atoms with Crippen molar-refractivity contribution >= 4 is 40.5 Å². The number of amides is 1. The molecule has 104 valence electrons. The van der Waals surface area contributed by atoms with Gasteiger partial charge in [-0.15, -0.1) is 0 Å². The van der Waals surface area contributed by atoms with Crippen molar-refractivity contribution < 1.29 is 4.79 Å². The smallest absolute Gasteiger partial charge is 0.255 e. The van der Waals surface area contributed by atoms with E-state index < -0.39 is 0 Å². The minimum atomic E-state index is -0.254. The first-order chi connectivity index (χ1) is 9.52. The molecule has 0 saturated heterocycles. The van der Waals surface area contributed by atoms with Gasteiger partial charge in [-0.2, -0.15) is 0 Å². The van der Waals surface area contributed by atoms with Gasteiger partial charge in [-0.3, -0.25) is 10.6 Å². The molecule has 0 atom stereocenters. The lowest BCUT2D eigenvalue weighted by Crippen LogP contribution is -2.14. The Morgan fingerprint density at radius 1 is 1.20 bits per heavy atom. The number of hydrogen-bond acceptors (Lipinski definition) is 3. The van der Waals surface area contributed by atoms with Crippen LogP contribution in [-0.2, 0) is 0 Å². The van der Waals surface area contributed by atoms with Gasteiger partial charge in [0.2, 0.25) is 0 Å². The van der Waals surface area contributed by atoms with Crippen LogP contribution in [0.3, 0.4) is 0 Å². The van der Waals surface area contributed by atoms with E-state index in [1.807, 2.05) is 6.92 Å². The maximum Gasteiger partial charge on any atom is 0.255 e. The van der Waals surface area contributed by atoms with Gasteiger partial charge in [0, 0.05) is 11.3 Å². The van der Waals surface area contributed by atoms with Gasteiger partial charge in [0.15, 0.2) is 0 Å². The Balaban J connectivity index is 2.26. The zero-order valence-electron chi connectivity index (χ0n) is 10.7. The first kappa shape index (κ1) is 14.7. The zero-order chi connectivity index (χ0) is 14.7. The van der Waals surface area contributed by atoms with Crippen molar-refractivity contribution in [3.63, 3.8) is 0 Å². The molecule has 0 bridgehead atoms. The average molecular weight is 310 g/mol. The van der Waals surface area contributed by atoms with E-state index in [0.717, 1.165) is 11.3 Å². The lowest BCUT2D eigenvalue weighted by molar-refractivity contribution is 0.102. The van der Waals surface area contributed by atoms with Crippen LogP contribution in [0.5, 0.6) is 0 Å². The first-order valence-corrected chi connectivity index (χ1v) is 6.61. The molecule has 0 aromatic heterocycles. The molecule has 0 aliphatic carbocycles. The summed E-state index contributed by atoms with van der Waals surface area (Å²) < 4.78 is 0. The number of anilines is 2. The first-order valence-electron chi connectivity index (χ1n) is 5.85.